The number of nitro groups is 1. The Morgan fingerprint density at radius 1 is 1.09 bits per heavy atom. The molecule has 1 amide bonds. The van der Waals surface area contributed by atoms with Crippen LogP contribution in [0.4, 0.5) is 11.4 Å². The minimum absolute atomic E-state index is 0.0408. The van der Waals surface area contributed by atoms with E-state index in [9.17, 15) is 25.0 Å². The third-order valence-electron chi connectivity index (χ3n) is 4.71. The number of para-hydroxylation sites is 1. The normalized spacial score (nSPS) is 10.7. The van der Waals surface area contributed by atoms with Crippen LogP contribution in [0, 0.1) is 28.4 Å². The lowest BCUT2D eigenvalue weighted by molar-refractivity contribution is -0.384. The Balaban J connectivity index is 1.85. The van der Waals surface area contributed by atoms with E-state index in [-0.39, 0.29) is 28.3 Å². The quantitative estimate of drug-likeness (QED) is 0.136. The molecule has 0 saturated heterocycles. The molecule has 9 nitrogen and oxygen atoms in total. The molecule has 0 bridgehead atoms. The second kappa shape index (κ2) is 10.6. The summed E-state index contributed by atoms with van der Waals surface area (Å²) in [6.07, 6.45) is 1.24. The Morgan fingerprint density at radius 2 is 1.79 bits per heavy atom. The second-order valence-electron chi connectivity index (χ2n) is 7.06. The molecule has 0 aliphatic carbocycles. The molecule has 3 aromatic rings. The molecule has 0 aliphatic heterocycles. The number of nitrogens with zero attached hydrogens (tertiary/aromatic N) is 2. The predicted octanol–water partition coefficient (Wildman–Crippen LogP) is 4.68. The average Bonchev–Trinajstić information content (AvgIpc) is 2.84. The van der Waals surface area contributed by atoms with Gasteiger partial charge >= 0.3 is 5.97 Å². The molecular weight excluding hydrogens is 438 g/mol. The molecule has 1 N–H and O–H groups in total. The van der Waals surface area contributed by atoms with Crippen molar-refractivity contribution in [3.8, 4) is 17.6 Å². The summed E-state index contributed by atoms with van der Waals surface area (Å²) in [6, 6.07) is 18.8. The minimum Gasteiger partial charge on any atom is -0.497 e. The lowest BCUT2D eigenvalue weighted by Crippen LogP contribution is -2.15. The van der Waals surface area contributed by atoms with E-state index in [0.717, 1.165) is 0 Å². The molecule has 9 heteroatoms. The van der Waals surface area contributed by atoms with Gasteiger partial charge < -0.3 is 14.8 Å². The highest BCUT2D eigenvalue weighted by molar-refractivity contribution is 6.10. The van der Waals surface area contributed by atoms with Crippen molar-refractivity contribution in [2.24, 2.45) is 0 Å². The Labute approximate surface area is 195 Å². The van der Waals surface area contributed by atoms with Crippen LogP contribution in [0.1, 0.15) is 21.5 Å². The molecule has 0 unspecified atom stereocenters. The number of esters is 1. The van der Waals surface area contributed by atoms with Gasteiger partial charge in [-0.2, -0.15) is 5.26 Å². The second-order valence-corrected chi connectivity index (χ2v) is 7.06. The Hall–Kier alpha value is -4.97. The number of carbonyl (C=O) groups excluding carboxylic acids is 2. The van der Waals surface area contributed by atoms with Crippen LogP contribution >= 0.6 is 0 Å². The fourth-order valence-corrected chi connectivity index (χ4v) is 2.97. The SMILES string of the molecule is COc1ccc(C(=O)Oc2ccccc2/C=C(\C#N)C(=O)Nc2ccc(C)cc2[N+](=O)[O-])cc1. The maximum Gasteiger partial charge on any atom is 0.343 e. The van der Waals surface area contributed by atoms with Gasteiger partial charge in [0.2, 0.25) is 0 Å². The van der Waals surface area contributed by atoms with Crippen LogP contribution in [0.3, 0.4) is 0 Å². The van der Waals surface area contributed by atoms with E-state index in [1.807, 2.05) is 0 Å². The Kier molecular flexibility index (Phi) is 7.36. The summed E-state index contributed by atoms with van der Waals surface area (Å²) >= 11 is 0. The van der Waals surface area contributed by atoms with Gasteiger partial charge in [-0.3, -0.25) is 14.9 Å². The molecule has 3 rings (SSSR count). The first-order valence-electron chi connectivity index (χ1n) is 9.96. The van der Waals surface area contributed by atoms with Crippen molar-refractivity contribution in [2.75, 3.05) is 12.4 Å². The zero-order chi connectivity index (χ0) is 24.7. The molecule has 0 aromatic heterocycles. The lowest BCUT2D eigenvalue weighted by atomic mass is 10.1. The van der Waals surface area contributed by atoms with Crippen LogP contribution in [0.25, 0.3) is 6.08 Å². The van der Waals surface area contributed by atoms with E-state index in [4.69, 9.17) is 9.47 Å². The molecule has 0 atom stereocenters. The summed E-state index contributed by atoms with van der Waals surface area (Å²) < 4.78 is 10.5. The zero-order valence-corrected chi connectivity index (χ0v) is 18.3. The number of amides is 1. The first kappa shape index (κ1) is 23.7. The number of nitrogens with one attached hydrogen (secondary N) is 1. The molecule has 0 spiro atoms. The molecule has 34 heavy (non-hydrogen) atoms. The molecule has 0 radical (unpaired) electrons. The van der Waals surface area contributed by atoms with E-state index in [2.05, 4.69) is 5.32 Å². The number of hydrogen-bond acceptors (Lipinski definition) is 7. The number of hydrogen-bond donors (Lipinski definition) is 1. The number of nitriles is 1. The lowest BCUT2D eigenvalue weighted by Gasteiger charge is -2.09. The van der Waals surface area contributed by atoms with Gasteiger partial charge in [0.05, 0.1) is 17.6 Å². The number of rotatable bonds is 7. The number of nitro benzene ring substituents is 1. The first-order valence-corrected chi connectivity index (χ1v) is 9.96. The fourth-order valence-electron chi connectivity index (χ4n) is 2.97. The summed E-state index contributed by atoms with van der Waals surface area (Å²) in [4.78, 5) is 35.9. The summed E-state index contributed by atoms with van der Waals surface area (Å²) in [5, 5.41) is 23.2. The van der Waals surface area contributed by atoms with Gasteiger partial charge in [0, 0.05) is 11.6 Å². The van der Waals surface area contributed by atoms with E-state index in [0.29, 0.717) is 16.9 Å². The van der Waals surface area contributed by atoms with E-state index in [1.165, 1.54) is 31.4 Å². The molecule has 3 aromatic carbocycles. The van der Waals surface area contributed by atoms with Crippen molar-refractivity contribution in [3.05, 3.63) is 99.1 Å². The van der Waals surface area contributed by atoms with Gasteiger partial charge in [0.15, 0.2) is 0 Å². The van der Waals surface area contributed by atoms with E-state index < -0.39 is 16.8 Å². The molecule has 0 aliphatic rings. The van der Waals surface area contributed by atoms with E-state index >= 15 is 0 Å². The topological polar surface area (TPSA) is 132 Å². The number of methoxy groups -OCH3 is 1. The summed E-state index contributed by atoms with van der Waals surface area (Å²) in [5.74, 6) is -0.768. The minimum atomic E-state index is -0.842. The molecule has 0 heterocycles. The summed E-state index contributed by atoms with van der Waals surface area (Å²) in [5.41, 5.74) is 0.565. The average molecular weight is 457 g/mol. The summed E-state index contributed by atoms with van der Waals surface area (Å²) in [7, 11) is 1.51. The van der Waals surface area contributed by atoms with Crippen molar-refractivity contribution in [1.82, 2.24) is 0 Å². The van der Waals surface area contributed by atoms with E-state index in [1.54, 1.807) is 61.5 Å². The maximum absolute atomic E-state index is 12.7. The third-order valence-corrected chi connectivity index (χ3v) is 4.71. The highest BCUT2D eigenvalue weighted by atomic mass is 16.6. The molecule has 170 valence electrons. The van der Waals surface area contributed by atoms with Crippen molar-refractivity contribution in [1.29, 1.82) is 5.26 Å². The molecule has 0 fully saturated rings. The monoisotopic (exact) mass is 457 g/mol. The molecular formula is C25H19N3O6. The van der Waals surface area contributed by atoms with Crippen molar-refractivity contribution in [3.63, 3.8) is 0 Å². The smallest absolute Gasteiger partial charge is 0.343 e. The highest BCUT2D eigenvalue weighted by Crippen LogP contribution is 2.27. The summed E-state index contributed by atoms with van der Waals surface area (Å²) in [6.45, 7) is 1.68. The van der Waals surface area contributed by atoms with Crippen LogP contribution in [0.15, 0.2) is 72.3 Å². The molecule has 0 saturated carbocycles. The van der Waals surface area contributed by atoms with Gasteiger partial charge in [0.1, 0.15) is 28.8 Å². The first-order chi connectivity index (χ1) is 16.3. The van der Waals surface area contributed by atoms with Crippen LogP contribution in [0.2, 0.25) is 0 Å². The number of benzene rings is 3. The van der Waals surface area contributed by atoms with Crippen LogP contribution in [-0.2, 0) is 4.79 Å². The largest absolute Gasteiger partial charge is 0.497 e. The number of carbonyl (C=O) groups is 2. The Bertz CT molecular complexity index is 1320. The highest BCUT2D eigenvalue weighted by Gasteiger charge is 2.19. The number of aryl methyl sites for hydroxylation is 1. The van der Waals surface area contributed by atoms with Gasteiger partial charge in [-0.05, 0) is 55.0 Å². The van der Waals surface area contributed by atoms with Crippen molar-refractivity contribution in [2.45, 2.75) is 6.92 Å². The van der Waals surface area contributed by atoms with Crippen molar-refractivity contribution < 1.29 is 24.0 Å². The van der Waals surface area contributed by atoms with Gasteiger partial charge in [0.25, 0.3) is 11.6 Å². The van der Waals surface area contributed by atoms with Crippen LogP contribution in [0.5, 0.6) is 11.5 Å². The number of ether oxygens (including phenoxy) is 2. The maximum atomic E-state index is 12.7. The number of anilines is 1. The fraction of sp³-hybridized carbons (Fsp3) is 0.0800. The predicted molar refractivity (Wildman–Crippen MR) is 124 cm³/mol. The van der Waals surface area contributed by atoms with Crippen molar-refractivity contribution >= 4 is 29.3 Å². The Morgan fingerprint density at radius 3 is 2.44 bits per heavy atom. The third kappa shape index (κ3) is 5.63. The standard InChI is InChI=1S/C25H19N3O6/c1-16-7-12-21(22(13-16)28(31)32)27-24(29)19(15-26)14-18-5-3-4-6-23(18)34-25(30)17-8-10-20(33-2)11-9-17/h3-14H,1-2H3,(H,27,29)/b19-14+. The van der Waals surface area contributed by atoms with Crippen LogP contribution in [-0.4, -0.2) is 23.9 Å². The van der Waals surface area contributed by atoms with Crippen LogP contribution < -0.4 is 14.8 Å². The van der Waals surface area contributed by atoms with Gasteiger partial charge in [-0.1, -0.05) is 24.3 Å². The van der Waals surface area contributed by atoms with Gasteiger partial charge in [-0.15, -0.1) is 0 Å². The zero-order valence-electron chi connectivity index (χ0n) is 18.3. The van der Waals surface area contributed by atoms with Gasteiger partial charge in [-0.25, -0.2) is 4.79 Å².